The minimum Gasteiger partial charge on any atom is -0.494 e. The van der Waals surface area contributed by atoms with Gasteiger partial charge in [-0.15, -0.1) is 0 Å². The fourth-order valence-corrected chi connectivity index (χ4v) is 3.03. The largest absolute Gasteiger partial charge is 0.494 e. The van der Waals surface area contributed by atoms with Gasteiger partial charge in [-0.3, -0.25) is 4.79 Å². The number of amides is 1. The lowest BCUT2D eigenvalue weighted by molar-refractivity contribution is -0.0501. The Bertz CT molecular complexity index is 826. The first-order valence-electron chi connectivity index (χ1n) is 8.75. The molecule has 1 aliphatic rings. The molecule has 0 fully saturated rings. The molecule has 0 radical (unpaired) electrons. The van der Waals surface area contributed by atoms with Crippen molar-refractivity contribution in [1.82, 2.24) is 5.32 Å². The van der Waals surface area contributed by atoms with Crippen LogP contribution < -0.4 is 19.5 Å². The van der Waals surface area contributed by atoms with Crippen molar-refractivity contribution in [3.63, 3.8) is 0 Å². The summed E-state index contributed by atoms with van der Waals surface area (Å²) in [6, 6.07) is 9.66. The molecule has 0 spiro atoms. The zero-order valence-corrected chi connectivity index (χ0v) is 15.1. The second-order valence-electron chi connectivity index (χ2n) is 6.19. The molecule has 27 heavy (non-hydrogen) atoms. The molecule has 1 atom stereocenters. The molecule has 0 saturated heterocycles. The molecule has 7 heteroatoms. The SMILES string of the molecule is CCOc1cc2c(cc1CNC(=O)c1ccccc1OC(F)F)O[C@@H](C)C2. The molecule has 144 valence electrons. The van der Waals surface area contributed by atoms with Gasteiger partial charge in [0.2, 0.25) is 0 Å². The molecule has 5 nitrogen and oxygen atoms in total. The van der Waals surface area contributed by atoms with Crippen LogP contribution in [-0.4, -0.2) is 25.2 Å². The van der Waals surface area contributed by atoms with Crippen LogP contribution in [0.4, 0.5) is 8.78 Å². The Morgan fingerprint density at radius 2 is 2.07 bits per heavy atom. The lowest BCUT2D eigenvalue weighted by Gasteiger charge is -2.14. The maximum atomic E-state index is 12.5. The standard InChI is InChI=1S/C20H21F2NO4/c1-3-25-17-9-13-8-12(2)26-18(13)10-14(17)11-23-19(24)15-6-4-5-7-16(15)27-20(21)22/h4-7,9-10,12,20H,3,8,11H2,1-2H3,(H,23,24)/t12-/m0/s1. The Balaban J connectivity index is 1.77. The van der Waals surface area contributed by atoms with Crippen LogP contribution in [0.25, 0.3) is 0 Å². The van der Waals surface area contributed by atoms with E-state index < -0.39 is 12.5 Å². The predicted octanol–water partition coefficient (Wildman–Crippen LogP) is 3.94. The molecule has 2 aromatic carbocycles. The molecular weight excluding hydrogens is 356 g/mol. The maximum Gasteiger partial charge on any atom is 0.387 e. The van der Waals surface area contributed by atoms with Gasteiger partial charge >= 0.3 is 6.61 Å². The Labute approximate surface area is 156 Å². The van der Waals surface area contributed by atoms with Crippen molar-refractivity contribution >= 4 is 5.91 Å². The van der Waals surface area contributed by atoms with Gasteiger partial charge in [-0.05, 0) is 38.1 Å². The van der Waals surface area contributed by atoms with Crippen LogP contribution in [-0.2, 0) is 13.0 Å². The summed E-state index contributed by atoms with van der Waals surface area (Å²) in [5.41, 5.74) is 1.86. The highest BCUT2D eigenvalue weighted by Gasteiger charge is 2.22. The van der Waals surface area contributed by atoms with Gasteiger partial charge in [-0.1, -0.05) is 12.1 Å². The summed E-state index contributed by atoms with van der Waals surface area (Å²) in [4.78, 5) is 12.5. The highest BCUT2D eigenvalue weighted by atomic mass is 19.3. The summed E-state index contributed by atoms with van der Waals surface area (Å²) in [7, 11) is 0. The fourth-order valence-electron chi connectivity index (χ4n) is 3.03. The first kappa shape index (κ1) is 18.9. The summed E-state index contributed by atoms with van der Waals surface area (Å²) >= 11 is 0. The molecule has 1 N–H and O–H groups in total. The van der Waals surface area contributed by atoms with E-state index in [1.807, 2.05) is 26.0 Å². The number of hydrogen-bond donors (Lipinski definition) is 1. The first-order valence-corrected chi connectivity index (χ1v) is 8.75. The second kappa shape index (κ2) is 8.24. The first-order chi connectivity index (χ1) is 13.0. The number of carbonyl (C=O) groups excluding carboxylic acids is 1. The molecule has 2 aromatic rings. The average molecular weight is 377 g/mol. The van der Waals surface area contributed by atoms with Gasteiger partial charge < -0.3 is 19.5 Å². The number of halogens is 2. The van der Waals surface area contributed by atoms with Crippen LogP contribution >= 0.6 is 0 Å². The Hall–Kier alpha value is -2.83. The molecular formula is C20H21F2NO4. The van der Waals surface area contributed by atoms with E-state index in [9.17, 15) is 13.6 Å². The van der Waals surface area contributed by atoms with Crippen molar-refractivity contribution in [2.45, 2.75) is 39.5 Å². The zero-order chi connectivity index (χ0) is 19.4. The van der Waals surface area contributed by atoms with Crippen molar-refractivity contribution in [3.8, 4) is 17.2 Å². The number of nitrogens with one attached hydrogen (secondary N) is 1. The number of ether oxygens (including phenoxy) is 3. The molecule has 3 rings (SSSR count). The summed E-state index contributed by atoms with van der Waals surface area (Å²) < 4.78 is 40.9. The van der Waals surface area contributed by atoms with Crippen LogP contribution in [0.2, 0.25) is 0 Å². The maximum absolute atomic E-state index is 12.5. The molecule has 0 unspecified atom stereocenters. The lowest BCUT2D eigenvalue weighted by Crippen LogP contribution is -2.24. The monoisotopic (exact) mass is 377 g/mol. The topological polar surface area (TPSA) is 56.8 Å². The summed E-state index contributed by atoms with van der Waals surface area (Å²) in [5.74, 6) is 0.771. The van der Waals surface area contributed by atoms with Crippen molar-refractivity contribution < 1.29 is 27.8 Å². The number of hydrogen-bond acceptors (Lipinski definition) is 4. The van der Waals surface area contributed by atoms with Crippen LogP contribution in [0.3, 0.4) is 0 Å². The van der Waals surface area contributed by atoms with Crippen LogP contribution in [0, 0.1) is 0 Å². The Morgan fingerprint density at radius 3 is 2.81 bits per heavy atom. The number of rotatable bonds is 7. The highest BCUT2D eigenvalue weighted by molar-refractivity contribution is 5.96. The third-order valence-electron chi connectivity index (χ3n) is 4.17. The number of benzene rings is 2. The van der Waals surface area contributed by atoms with Crippen molar-refractivity contribution in [1.29, 1.82) is 0 Å². The van der Waals surface area contributed by atoms with E-state index in [0.29, 0.717) is 12.4 Å². The third-order valence-corrected chi connectivity index (χ3v) is 4.17. The van der Waals surface area contributed by atoms with E-state index in [1.165, 1.54) is 18.2 Å². The van der Waals surface area contributed by atoms with Gasteiger partial charge in [0.15, 0.2) is 0 Å². The summed E-state index contributed by atoms with van der Waals surface area (Å²) in [5, 5.41) is 2.73. The van der Waals surface area contributed by atoms with Crippen LogP contribution in [0.1, 0.15) is 35.3 Å². The van der Waals surface area contributed by atoms with Gasteiger partial charge in [0.05, 0.1) is 12.2 Å². The quantitative estimate of drug-likeness (QED) is 0.794. The predicted molar refractivity (Wildman–Crippen MR) is 95.6 cm³/mol. The van der Waals surface area contributed by atoms with Crippen LogP contribution in [0.15, 0.2) is 36.4 Å². The molecule has 0 bridgehead atoms. The molecule has 1 amide bonds. The van der Waals surface area contributed by atoms with E-state index in [0.717, 1.165) is 23.3 Å². The van der Waals surface area contributed by atoms with E-state index >= 15 is 0 Å². The van der Waals surface area contributed by atoms with Gasteiger partial charge in [0.25, 0.3) is 5.91 Å². The minimum absolute atomic E-state index is 0.0433. The number of fused-ring (bicyclic) bond motifs is 1. The smallest absolute Gasteiger partial charge is 0.387 e. The van der Waals surface area contributed by atoms with E-state index in [2.05, 4.69) is 10.1 Å². The molecule has 1 aliphatic heterocycles. The van der Waals surface area contributed by atoms with E-state index in [4.69, 9.17) is 9.47 Å². The van der Waals surface area contributed by atoms with Gasteiger partial charge in [0, 0.05) is 24.1 Å². The highest BCUT2D eigenvalue weighted by Crippen LogP contribution is 2.35. The van der Waals surface area contributed by atoms with Crippen LogP contribution in [0.5, 0.6) is 17.2 Å². The van der Waals surface area contributed by atoms with Gasteiger partial charge in [-0.25, -0.2) is 0 Å². The number of para-hydroxylation sites is 1. The lowest BCUT2D eigenvalue weighted by atomic mass is 10.1. The average Bonchev–Trinajstić information content (AvgIpc) is 2.98. The second-order valence-corrected chi connectivity index (χ2v) is 6.19. The summed E-state index contributed by atoms with van der Waals surface area (Å²) in [6.45, 7) is 1.52. The zero-order valence-electron chi connectivity index (χ0n) is 15.1. The van der Waals surface area contributed by atoms with E-state index in [-0.39, 0.29) is 24.0 Å². The number of carbonyl (C=O) groups is 1. The van der Waals surface area contributed by atoms with Gasteiger partial charge in [0.1, 0.15) is 23.4 Å². The Kier molecular flexibility index (Phi) is 5.78. The molecule has 1 heterocycles. The van der Waals surface area contributed by atoms with Crippen molar-refractivity contribution in [2.24, 2.45) is 0 Å². The molecule has 0 saturated carbocycles. The summed E-state index contributed by atoms with van der Waals surface area (Å²) in [6.07, 6.45) is 0.901. The molecule has 0 aromatic heterocycles. The Morgan fingerprint density at radius 1 is 1.30 bits per heavy atom. The number of alkyl halides is 2. The minimum atomic E-state index is -3.00. The van der Waals surface area contributed by atoms with Gasteiger partial charge in [-0.2, -0.15) is 8.78 Å². The normalized spacial score (nSPS) is 15.2. The molecule has 0 aliphatic carbocycles. The third kappa shape index (κ3) is 4.48. The van der Waals surface area contributed by atoms with Crippen molar-refractivity contribution in [3.05, 3.63) is 53.1 Å². The fraction of sp³-hybridized carbons (Fsp3) is 0.350. The van der Waals surface area contributed by atoms with Crippen molar-refractivity contribution in [2.75, 3.05) is 6.61 Å². The van der Waals surface area contributed by atoms with E-state index in [1.54, 1.807) is 6.07 Å².